The maximum atomic E-state index is 12.0. The SMILES string of the molecule is O=C(Nc1cc(-c2cccs2)[nH]n1)Nc1cccc(Cl)c1Cl. The number of anilines is 2. The number of amides is 2. The fourth-order valence-electron chi connectivity index (χ4n) is 1.81. The molecule has 0 aliphatic heterocycles. The second kappa shape index (κ2) is 6.39. The zero-order valence-corrected chi connectivity index (χ0v) is 13.4. The normalized spacial score (nSPS) is 10.5. The number of aromatic nitrogens is 2. The Morgan fingerprint density at radius 1 is 1.18 bits per heavy atom. The van der Waals surface area contributed by atoms with Crippen LogP contribution in [-0.2, 0) is 0 Å². The molecule has 0 saturated carbocycles. The van der Waals surface area contributed by atoms with Crippen LogP contribution in [0.2, 0.25) is 10.0 Å². The largest absolute Gasteiger partial charge is 0.324 e. The summed E-state index contributed by atoms with van der Waals surface area (Å²) in [5.74, 6) is 0.416. The average Bonchev–Trinajstić information content (AvgIpc) is 3.14. The summed E-state index contributed by atoms with van der Waals surface area (Å²) in [6.07, 6.45) is 0. The first-order valence-electron chi connectivity index (χ1n) is 6.25. The van der Waals surface area contributed by atoms with Crippen LogP contribution >= 0.6 is 34.5 Å². The highest BCUT2D eigenvalue weighted by molar-refractivity contribution is 7.13. The average molecular weight is 353 g/mol. The van der Waals surface area contributed by atoms with Crippen molar-refractivity contribution in [2.45, 2.75) is 0 Å². The topological polar surface area (TPSA) is 69.8 Å². The minimum Gasteiger partial charge on any atom is -0.306 e. The van der Waals surface area contributed by atoms with Gasteiger partial charge < -0.3 is 5.32 Å². The van der Waals surface area contributed by atoms with Gasteiger partial charge in [0, 0.05) is 6.07 Å². The fraction of sp³-hybridized carbons (Fsp3) is 0. The summed E-state index contributed by atoms with van der Waals surface area (Å²) in [6.45, 7) is 0. The van der Waals surface area contributed by atoms with Crippen molar-refractivity contribution in [3.05, 3.63) is 51.8 Å². The van der Waals surface area contributed by atoms with Crippen LogP contribution in [0, 0.1) is 0 Å². The van der Waals surface area contributed by atoms with Crippen molar-refractivity contribution in [2.75, 3.05) is 10.6 Å². The van der Waals surface area contributed by atoms with Gasteiger partial charge in [0.1, 0.15) is 0 Å². The Morgan fingerprint density at radius 2 is 2.05 bits per heavy atom. The number of carbonyl (C=O) groups excluding carboxylic acids is 1. The maximum absolute atomic E-state index is 12.0. The van der Waals surface area contributed by atoms with Crippen molar-refractivity contribution >= 4 is 52.1 Å². The predicted octanol–water partition coefficient (Wildman–Crippen LogP) is 5.09. The molecule has 2 aromatic heterocycles. The number of urea groups is 1. The Kier molecular flexibility index (Phi) is 4.33. The molecule has 0 aliphatic rings. The molecular weight excluding hydrogens is 343 g/mol. The lowest BCUT2D eigenvalue weighted by molar-refractivity contribution is 0.262. The number of aromatic amines is 1. The van der Waals surface area contributed by atoms with Gasteiger partial charge in [-0.1, -0.05) is 35.3 Å². The van der Waals surface area contributed by atoms with Gasteiger partial charge in [-0.05, 0) is 23.6 Å². The fourth-order valence-corrected chi connectivity index (χ4v) is 2.85. The van der Waals surface area contributed by atoms with E-state index in [0.29, 0.717) is 21.6 Å². The molecule has 2 amide bonds. The van der Waals surface area contributed by atoms with E-state index in [4.69, 9.17) is 23.2 Å². The number of nitrogens with one attached hydrogen (secondary N) is 3. The van der Waals surface area contributed by atoms with E-state index in [2.05, 4.69) is 20.8 Å². The summed E-state index contributed by atoms with van der Waals surface area (Å²) in [5.41, 5.74) is 1.27. The molecule has 5 nitrogen and oxygen atoms in total. The first kappa shape index (κ1) is 14.9. The van der Waals surface area contributed by atoms with Crippen LogP contribution in [0.15, 0.2) is 41.8 Å². The molecular formula is C14H10Cl2N4OS. The van der Waals surface area contributed by atoms with Gasteiger partial charge in [-0.3, -0.25) is 10.4 Å². The Morgan fingerprint density at radius 3 is 2.82 bits per heavy atom. The second-order valence-corrected chi connectivity index (χ2v) is 6.06. The zero-order valence-electron chi connectivity index (χ0n) is 11.1. The van der Waals surface area contributed by atoms with E-state index >= 15 is 0 Å². The van der Waals surface area contributed by atoms with Crippen molar-refractivity contribution in [1.29, 1.82) is 0 Å². The molecule has 0 atom stereocenters. The molecule has 0 aliphatic carbocycles. The minimum atomic E-state index is -0.451. The third-order valence-corrected chi connectivity index (χ3v) is 4.53. The van der Waals surface area contributed by atoms with E-state index < -0.39 is 6.03 Å². The molecule has 0 unspecified atom stereocenters. The van der Waals surface area contributed by atoms with Crippen LogP contribution < -0.4 is 10.6 Å². The summed E-state index contributed by atoms with van der Waals surface area (Å²) in [4.78, 5) is 13.0. The van der Waals surface area contributed by atoms with Gasteiger partial charge >= 0.3 is 6.03 Å². The van der Waals surface area contributed by atoms with Crippen LogP contribution in [0.3, 0.4) is 0 Å². The molecule has 0 radical (unpaired) electrons. The second-order valence-electron chi connectivity index (χ2n) is 4.32. The molecule has 112 valence electrons. The number of rotatable bonds is 3. The number of hydrogen-bond donors (Lipinski definition) is 3. The highest BCUT2D eigenvalue weighted by atomic mass is 35.5. The van der Waals surface area contributed by atoms with Crippen LogP contribution in [0.25, 0.3) is 10.6 Å². The first-order chi connectivity index (χ1) is 10.6. The van der Waals surface area contributed by atoms with Gasteiger partial charge in [0.15, 0.2) is 5.82 Å². The van der Waals surface area contributed by atoms with Gasteiger partial charge in [-0.2, -0.15) is 5.10 Å². The van der Waals surface area contributed by atoms with E-state index in [-0.39, 0.29) is 0 Å². The van der Waals surface area contributed by atoms with Crippen molar-refractivity contribution in [2.24, 2.45) is 0 Å². The Balaban J connectivity index is 1.68. The maximum Gasteiger partial charge on any atom is 0.324 e. The van der Waals surface area contributed by atoms with Gasteiger partial charge in [-0.25, -0.2) is 4.79 Å². The summed E-state index contributed by atoms with van der Waals surface area (Å²) >= 11 is 13.5. The first-order valence-corrected chi connectivity index (χ1v) is 7.88. The number of H-pyrrole nitrogens is 1. The van der Waals surface area contributed by atoms with Crippen molar-refractivity contribution < 1.29 is 4.79 Å². The van der Waals surface area contributed by atoms with Crippen molar-refractivity contribution in [3.63, 3.8) is 0 Å². The number of carbonyl (C=O) groups is 1. The molecule has 3 rings (SSSR count). The van der Waals surface area contributed by atoms with E-state index in [9.17, 15) is 4.79 Å². The third-order valence-electron chi connectivity index (χ3n) is 2.81. The lowest BCUT2D eigenvalue weighted by atomic mass is 10.3. The zero-order chi connectivity index (χ0) is 15.5. The quantitative estimate of drug-likeness (QED) is 0.614. The molecule has 22 heavy (non-hydrogen) atoms. The number of hydrogen-bond acceptors (Lipinski definition) is 3. The molecule has 3 N–H and O–H groups in total. The predicted molar refractivity (Wildman–Crippen MR) is 91.0 cm³/mol. The lowest BCUT2D eigenvalue weighted by Crippen LogP contribution is -2.19. The van der Waals surface area contributed by atoms with Gasteiger partial charge in [0.25, 0.3) is 0 Å². The van der Waals surface area contributed by atoms with Crippen molar-refractivity contribution in [3.8, 4) is 10.6 Å². The van der Waals surface area contributed by atoms with Crippen molar-refractivity contribution in [1.82, 2.24) is 10.2 Å². The molecule has 1 aromatic carbocycles. The van der Waals surface area contributed by atoms with Gasteiger partial charge in [0.05, 0.1) is 26.3 Å². The Labute approximate surface area is 140 Å². The summed E-state index contributed by atoms with van der Waals surface area (Å²) in [6, 6.07) is 10.2. The van der Waals surface area contributed by atoms with E-state index in [1.54, 1.807) is 35.6 Å². The van der Waals surface area contributed by atoms with Gasteiger partial charge in [-0.15, -0.1) is 11.3 Å². The van der Waals surface area contributed by atoms with E-state index in [1.807, 2.05) is 17.5 Å². The number of nitrogens with zero attached hydrogens (tertiary/aromatic N) is 1. The number of benzene rings is 1. The van der Waals surface area contributed by atoms with Crippen LogP contribution in [0.1, 0.15) is 0 Å². The molecule has 0 fully saturated rings. The standard InChI is InChI=1S/C14H10Cl2N4OS/c15-8-3-1-4-9(13(8)16)17-14(21)18-12-7-10(19-20-12)11-5-2-6-22-11/h1-7H,(H3,17,18,19,20,21). The lowest BCUT2D eigenvalue weighted by Gasteiger charge is -2.08. The number of thiophene rings is 1. The molecule has 0 saturated heterocycles. The summed E-state index contributed by atoms with van der Waals surface area (Å²) in [5, 5.41) is 14.8. The third kappa shape index (κ3) is 3.24. The number of halogens is 2. The molecule has 8 heteroatoms. The summed E-state index contributed by atoms with van der Waals surface area (Å²) < 4.78 is 0. The van der Waals surface area contributed by atoms with Crippen LogP contribution in [0.4, 0.5) is 16.3 Å². The minimum absolute atomic E-state index is 0.292. The Hall–Kier alpha value is -2.02. The van der Waals surface area contributed by atoms with E-state index in [0.717, 1.165) is 10.6 Å². The smallest absolute Gasteiger partial charge is 0.306 e. The van der Waals surface area contributed by atoms with Gasteiger partial charge in [0.2, 0.25) is 0 Å². The van der Waals surface area contributed by atoms with E-state index in [1.165, 1.54) is 0 Å². The Bertz CT molecular complexity index is 801. The summed E-state index contributed by atoms with van der Waals surface area (Å²) in [7, 11) is 0. The highest BCUT2D eigenvalue weighted by Crippen LogP contribution is 2.29. The van der Waals surface area contributed by atoms with Crippen LogP contribution in [-0.4, -0.2) is 16.2 Å². The molecule has 2 heterocycles. The molecule has 3 aromatic rings. The van der Waals surface area contributed by atoms with Crippen LogP contribution in [0.5, 0.6) is 0 Å². The molecule has 0 bridgehead atoms. The highest BCUT2D eigenvalue weighted by Gasteiger charge is 2.10. The molecule has 0 spiro atoms. The monoisotopic (exact) mass is 352 g/mol.